The lowest BCUT2D eigenvalue weighted by Crippen LogP contribution is -2.28. The van der Waals surface area contributed by atoms with Crippen molar-refractivity contribution in [2.45, 2.75) is 30.7 Å². The van der Waals surface area contributed by atoms with Gasteiger partial charge in [-0.05, 0) is 42.2 Å². The Morgan fingerprint density at radius 1 is 1.41 bits per heavy atom. The highest BCUT2D eigenvalue weighted by molar-refractivity contribution is 7.17. The van der Waals surface area contributed by atoms with Gasteiger partial charge in [-0.2, -0.15) is 0 Å². The predicted molar refractivity (Wildman–Crippen MR) is 74.0 cm³/mol. The Bertz CT molecular complexity index is 528. The van der Waals surface area contributed by atoms with Crippen molar-refractivity contribution in [1.82, 2.24) is 0 Å². The minimum absolute atomic E-state index is 0.0545. The quantitative estimate of drug-likeness (QED) is 0.713. The van der Waals surface area contributed by atoms with E-state index in [1.54, 1.807) is 11.3 Å². The van der Waals surface area contributed by atoms with Crippen LogP contribution in [0.1, 0.15) is 30.7 Å². The van der Waals surface area contributed by atoms with Gasteiger partial charge >= 0.3 is 0 Å². The van der Waals surface area contributed by atoms with Crippen molar-refractivity contribution < 1.29 is 4.74 Å². The molecule has 0 saturated carbocycles. The Morgan fingerprint density at radius 3 is 3.00 bits per heavy atom. The third kappa shape index (κ3) is 1.88. The first-order valence-electron chi connectivity index (χ1n) is 5.95. The number of hydrogen-bond donors (Lipinski definition) is 0. The number of ether oxygens (including phenoxy) is 1. The summed E-state index contributed by atoms with van der Waals surface area (Å²) in [5.41, 5.74) is 1.02. The van der Waals surface area contributed by atoms with Gasteiger partial charge in [0.15, 0.2) is 0 Å². The molecule has 17 heavy (non-hydrogen) atoms. The number of benzene rings is 1. The highest BCUT2D eigenvalue weighted by Gasteiger charge is 2.39. The summed E-state index contributed by atoms with van der Waals surface area (Å²) < 4.78 is 7.15. The molecule has 2 unspecified atom stereocenters. The molecule has 1 fully saturated rings. The number of alkyl halides is 1. The van der Waals surface area contributed by atoms with Crippen LogP contribution in [0.3, 0.4) is 0 Å². The van der Waals surface area contributed by atoms with Crippen molar-refractivity contribution in [2.24, 2.45) is 0 Å². The minimum Gasteiger partial charge on any atom is -0.373 e. The first kappa shape index (κ1) is 11.5. The van der Waals surface area contributed by atoms with Gasteiger partial charge in [-0.15, -0.1) is 22.9 Å². The smallest absolute Gasteiger partial charge is 0.0886 e. The van der Waals surface area contributed by atoms with Crippen LogP contribution >= 0.6 is 22.9 Å². The van der Waals surface area contributed by atoms with Crippen LogP contribution in [0.5, 0.6) is 0 Å². The maximum Gasteiger partial charge on any atom is 0.0886 e. The second-order valence-corrected chi connectivity index (χ2v) is 6.16. The van der Waals surface area contributed by atoms with Crippen molar-refractivity contribution >= 4 is 33.0 Å². The maximum absolute atomic E-state index is 6.66. The molecule has 0 amide bonds. The van der Waals surface area contributed by atoms with E-state index < -0.39 is 0 Å². The number of halogens is 1. The maximum atomic E-state index is 6.66. The summed E-state index contributed by atoms with van der Waals surface area (Å²) in [5, 5.41) is 3.39. The van der Waals surface area contributed by atoms with Crippen LogP contribution in [0.15, 0.2) is 29.6 Å². The lowest BCUT2D eigenvalue weighted by atomic mass is 9.93. The van der Waals surface area contributed by atoms with Crippen molar-refractivity contribution in [3.63, 3.8) is 0 Å². The normalized spacial score (nSPS) is 26.5. The van der Waals surface area contributed by atoms with Crippen LogP contribution in [0, 0.1) is 0 Å². The number of hydrogen-bond acceptors (Lipinski definition) is 2. The van der Waals surface area contributed by atoms with Gasteiger partial charge in [-0.25, -0.2) is 0 Å². The highest BCUT2D eigenvalue weighted by Crippen LogP contribution is 2.45. The molecule has 3 rings (SSSR count). The zero-order valence-electron chi connectivity index (χ0n) is 9.78. The number of thiophene rings is 1. The fraction of sp³-hybridized carbons (Fsp3) is 0.429. The van der Waals surface area contributed by atoms with Gasteiger partial charge in [0.2, 0.25) is 0 Å². The van der Waals surface area contributed by atoms with E-state index in [1.165, 1.54) is 15.6 Å². The summed E-state index contributed by atoms with van der Waals surface area (Å²) in [6, 6.07) is 8.43. The monoisotopic (exact) mass is 266 g/mol. The summed E-state index contributed by atoms with van der Waals surface area (Å²) in [5.74, 6) is 0. The van der Waals surface area contributed by atoms with Gasteiger partial charge in [-0.3, -0.25) is 0 Å². The average molecular weight is 267 g/mol. The summed E-state index contributed by atoms with van der Waals surface area (Å²) in [4.78, 5) is 0. The van der Waals surface area contributed by atoms with Crippen LogP contribution < -0.4 is 0 Å². The largest absolute Gasteiger partial charge is 0.373 e. The molecule has 1 saturated heterocycles. The summed E-state index contributed by atoms with van der Waals surface area (Å²) >= 11 is 8.42. The molecule has 90 valence electrons. The molecule has 0 bridgehead atoms. The van der Waals surface area contributed by atoms with Crippen LogP contribution in [-0.4, -0.2) is 12.2 Å². The molecule has 1 aromatic carbocycles. The first-order chi connectivity index (χ1) is 8.21. The molecule has 1 aliphatic heterocycles. The molecule has 2 heterocycles. The van der Waals surface area contributed by atoms with E-state index in [9.17, 15) is 0 Å². The average Bonchev–Trinajstić information content (AvgIpc) is 2.95. The van der Waals surface area contributed by atoms with Gasteiger partial charge < -0.3 is 4.74 Å². The fourth-order valence-corrected chi connectivity index (χ4v) is 3.94. The van der Waals surface area contributed by atoms with Gasteiger partial charge in [-0.1, -0.05) is 18.2 Å². The Balaban J connectivity index is 2.03. The predicted octanol–water partition coefficient (Wildman–Crippen LogP) is 4.75. The molecule has 1 aromatic heterocycles. The molecule has 0 spiro atoms. The van der Waals surface area contributed by atoms with Crippen molar-refractivity contribution in [3.8, 4) is 0 Å². The molecule has 0 radical (unpaired) electrons. The number of fused-ring (bicyclic) bond motifs is 1. The van der Waals surface area contributed by atoms with E-state index in [4.69, 9.17) is 16.3 Å². The SMILES string of the molecule is CC1(C(Cl)c2csc3ccccc23)CCCO1. The fourth-order valence-electron chi connectivity index (χ4n) is 2.52. The van der Waals surface area contributed by atoms with E-state index in [0.29, 0.717) is 0 Å². The summed E-state index contributed by atoms with van der Waals surface area (Å²) in [6.07, 6.45) is 2.16. The van der Waals surface area contributed by atoms with Gasteiger partial charge in [0, 0.05) is 11.3 Å². The Morgan fingerprint density at radius 2 is 2.24 bits per heavy atom. The highest BCUT2D eigenvalue weighted by atomic mass is 35.5. The molecular weight excluding hydrogens is 252 g/mol. The topological polar surface area (TPSA) is 9.23 Å². The summed E-state index contributed by atoms with van der Waals surface area (Å²) in [6.45, 7) is 2.96. The third-order valence-corrected chi connectivity index (χ3v) is 5.25. The van der Waals surface area contributed by atoms with Crippen molar-refractivity contribution in [1.29, 1.82) is 0 Å². The third-order valence-electron chi connectivity index (χ3n) is 3.57. The molecule has 3 heteroatoms. The van der Waals surface area contributed by atoms with E-state index in [-0.39, 0.29) is 11.0 Å². The second kappa shape index (κ2) is 4.27. The Labute approximate surface area is 110 Å². The Hall–Kier alpha value is -0.570. The molecule has 1 aliphatic rings. The zero-order valence-corrected chi connectivity index (χ0v) is 11.4. The summed E-state index contributed by atoms with van der Waals surface area (Å²) in [7, 11) is 0. The lowest BCUT2D eigenvalue weighted by molar-refractivity contribution is 0.0167. The van der Waals surface area contributed by atoms with Gasteiger partial charge in [0.1, 0.15) is 0 Å². The van der Waals surface area contributed by atoms with E-state index in [0.717, 1.165) is 19.4 Å². The van der Waals surface area contributed by atoms with Crippen molar-refractivity contribution in [3.05, 3.63) is 35.2 Å². The zero-order chi connectivity index (χ0) is 11.9. The molecule has 1 nitrogen and oxygen atoms in total. The van der Waals surface area contributed by atoms with Crippen LogP contribution in [-0.2, 0) is 4.74 Å². The van der Waals surface area contributed by atoms with Crippen molar-refractivity contribution in [2.75, 3.05) is 6.61 Å². The van der Waals surface area contributed by atoms with Crippen LogP contribution in [0.4, 0.5) is 0 Å². The van der Waals surface area contributed by atoms with Gasteiger partial charge in [0.05, 0.1) is 11.0 Å². The number of rotatable bonds is 2. The second-order valence-electron chi connectivity index (χ2n) is 4.81. The molecule has 0 N–H and O–H groups in total. The molecule has 0 aliphatic carbocycles. The van der Waals surface area contributed by atoms with E-state index >= 15 is 0 Å². The molecular formula is C14H15ClOS. The van der Waals surface area contributed by atoms with Gasteiger partial charge in [0.25, 0.3) is 0 Å². The molecule has 2 aromatic rings. The van der Waals surface area contributed by atoms with E-state index in [2.05, 4.69) is 36.6 Å². The lowest BCUT2D eigenvalue weighted by Gasteiger charge is -2.28. The Kier molecular flexibility index (Phi) is 2.89. The van der Waals surface area contributed by atoms with E-state index in [1.807, 2.05) is 0 Å². The molecule has 2 atom stereocenters. The standard InChI is InChI=1S/C14H15ClOS/c1-14(7-4-8-16-14)13(15)11-9-17-12-6-3-2-5-10(11)12/h2-3,5-6,9,13H,4,7-8H2,1H3. The minimum atomic E-state index is -0.203. The first-order valence-corrected chi connectivity index (χ1v) is 7.26. The van der Waals surface area contributed by atoms with Crippen LogP contribution in [0.25, 0.3) is 10.1 Å². The van der Waals surface area contributed by atoms with Crippen LogP contribution in [0.2, 0.25) is 0 Å².